The van der Waals surface area contributed by atoms with E-state index in [4.69, 9.17) is 5.11 Å². The van der Waals surface area contributed by atoms with Gasteiger partial charge in [0, 0.05) is 17.8 Å². The van der Waals surface area contributed by atoms with Gasteiger partial charge in [-0.2, -0.15) is 0 Å². The van der Waals surface area contributed by atoms with Crippen molar-refractivity contribution in [3.8, 4) is 0 Å². The highest BCUT2D eigenvalue weighted by molar-refractivity contribution is 8.01. The highest BCUT2D eigenvalue weighted by Gasteiger charge is 2.34. The molecule has 2 amide bonds. The van der Waals surface area contributed by atoms with Crippen molar-refractivity contribution >= 4 is 40.2 Å². The first-order valence-electron chi connectivity index (χ1n) is 9.92. The van der Waals surface area contributed by atoms with Gasteiger partial charge in [0.05, 0.1) is 16.8 Å². The predicted molar refractivity (Wildman–Crippen MR) is 110 cm³/mol. The normalized spacial score (nSPS) is 23.3. The van der Waals surface area contributed by atoms with Crippen molar-refractivity contribution in [1.29, 1.82) is 0 Å². The van der Waals surface area contributed by atoms with Gasteiger partial charge >= 0.3 is 12.0 Å². The highest BCUT2D eigenvalue weighted by atomic mass is 32.2. The first kappa shape index (κ1) is 20.5. The lowest BCUT2D eigenvalue weighted by atomic mass is 9.86. The molecular formula is C19H29N3O3S2. The van der Waals surface area contributed by atoms with Crippen LogP contribution < -0.4 is 5.32 Å². The molecule has 6 nitrogen and oxygen atoms in total. The van der Waals surface area contributed by atoms with E-state index >= 15 is 0 Å². The third-order valence-corrected chi connectivity index (χ3v) is 7.70. The average Bonchev–Trinajstić information content (AvgIpc) is 3.29. The number of urea groups is 1. The number of carbonyl (C=O) groups excluding carboxylic acids is 1. The SMILES string of the molecule is C[C@H]1CC[C@H](N(C(=O)Nc2ncc(SCCC(=O)O)s2)C2CCCC2)CC1. The van der Waals surface area contributed by atoms with E-state index in [0.29, 0.717) is 23.0 Å². The van der Waals surface area contributed by atoms with Crippen LogP contribution in [0.2, 0.25) is 0 Å². The number of aliphatic carboxylic acids is 1. The van der Waals surface area contributed by atoms with Crippen LogP contribution in [0.5, 0.6) is 0 Å². The van der Waals surface area contributed by atoms with Gasteiger partial charge in [-0.3, -0.25) is 10.1 Å². The van der Waals surface area contributed by atoms with Crippen molar-refractivity contribution in [2.24, 2.45) is 5.92 Å². The van der Waals surface area contributed by atoms with Gasteiger partial charge in [-0.1, -0.05) is 31.1 Å². The number of hydrogen-bond donors (Lipinski definition) is 2. The maximum atomic E-state index is 13.1. The van der Waals surface area contributed by atoms with Crippen LogP contribution >= 0.6 is 23.1 Å². The number of thiazole rings is 1. The Kier molecular flexibility index (Phi) is 7.41. The molecule has 27 heavy (non-hydrogen) atoms. The van der Waals surface area contributed by atoms with Gasteiger partial charge in [0.1, 0.15) is 0 Å². The van der Waals surface area contributed by atoms with Gasteiger partial charge in [0.2, 0.25) is 0 Å². The van der Waals surface area contributed by atoms with Crippen molar-refractivity contribution in [3.63, 3.8) is 0 Å². The Morgan fingerprint density at radius 2 is 1.89 bits per heavy atom. The molecule has 2 aliphatic carbocycles. The van der Waals surface area contributed by atoms with Gasteiger partial charge < -0.3 is 10.0 Å². The van der Waals surface area contributed by atoms with Gasteiger partial charge in [-0.05, 0) is 44.4 Å². The lowest BCUT2D eigenvalue weighted by molar-refractivity contribution is -0.136. The molecule has 2 fully saturated rings. The zero-order chi connectivity index (χ0) is 19.2. The Bertz CT molecular complexity index is 638. The number of anilines is 1. The van der Waals surface area contributed by atoms with Crippen LogP contribution in [0.3, 0.4) is 0 Å². The maximum absolute atomic E-state index is 13.1. The van der Waals surface area contributed by atoms with Crippen LogP contribution in [-0.2, 0) is 4.79 Å². The van der Waals surface area contributed by atoms with E-state index in [9.17, 15) is 9.59 Å². The monoisotopic (exact) mass is 411 g/mol. The van der Waals surface area contributed by atoms with Gasteiger partial charge in [0.25, 0.3) is 0 Å². The lowest BCUT2D eigenvalue weighted by Crippen LogP contribution is -2.49. The van der Waals surface area contributed by atoms with Crippen molar-refractivity contribution < 1.29 is 14.7 Å². The maximum Gasteiger partial charge on any atom is 0.324 e. The lowest BCUT2D eigenvalue weighted by Gasteiger charge is -2.39. The topological polar surface area (TPSA) is 82.5 Å². The fraction of sp³-hybridized carbons (Fsp3) is 0.737. The summed E-state index contributed by atoms with van der Waals surface area (Å²) in [4.78, 5) is 30.1. The van der Waals surface area contributed by atoms with Crippen LogP contribution in [0.15, 0.2) is 10.4 Å². The van der Waals surface area contributed by atoms with Gasteiger partial charge in [-0.15, -0.1) is 11.8 Å². The number of amides is 2. The number of nitrogens with one attached hydrogen (secondary N) is 1. The Morgan fingerprint density at radius 3 is 2.56 bits per heavy atom. The molecule has 150 valence electrons. The third kappa shape index (κ3) is 5.85. The second kappa shape index (κ2) is 9.78. The van der Waals surface area contributed by atoms with Crippen LogP contribution in [0.4, 0.5) is 9.93 Å². The first-order valence-corrected chi connectivity index (χ1v) is 11.7. The van der Waals surface area contributed by atoms with Crippen LogP contribution in [0, 0.1) is 5.92 Å². The molecule has 0 atom stereocenters. The summed E-state index contributed by atoms with van der Waals surface area (Å²) in [5.41, 5.74) is 0. The molecule has 0 spiro atoms. The molecule has 0 saturated heterocycles. The molecule has 3 rings (SSSR count). The number of carboxylic acid groups (broad SMARTS) is 1. The molecule has 0 aromatic carbocycles. The summed E-state index contributed by atoms with van der Waals surface area (Å²) in [6.45, 7) is 2.30. The molecule has 2 saturated carbocycles. The predicted octanol–water partition coefficient (Wildman–Crippen LogP) is 5.07. The molecule has 0 radical (unpaired) electrons. The van der Waals surface area contributed by atoms with E-state index < -0.39 is 5.97 Å². The summed E-state index contributed by atoms with van der Waals surface area (Å²) in [6.07, 6.45) is 11.1. The van der Waals surface area contributed by atoms with Crippen LogP contribution in [0.1, 0.15) is 64.7 Å². The molecule has 0 unspecified atom stereocenters. The van der Waals surface area contributed by atoms with Crippen molar-refractivity contribution in [3.05, 3.63) is 6.20 Å². The summed E-state index contributed by atoms with van der Waals surface area (Å²) >= 11 is 2.89. The Balaban J connectivity index is 1.60. The minimum absolute atomic E-state index is 0.0158. The van der Waals surface area contributed by atoms with Crippen LogP contribution in [-0.4, -0.2) is 44.8 Å². The largest absolute Gasteiger partial charge is 0.481 e. The Morgan fingerprint density at radius 1 is 1.22 bits per heavy atom. The quantitative estimate of drug-likeness (QED) is 0.613. The van der Waals surface area contributed by atoms with E-state index in [-0.39, 0.29) is 12.5 Å². The number of nitrogens with zero attached hydrogens (tertiary/aromatic N) is 2. The van der Waals surface area contributed by atoms with Gasteiger partial charge in [-0.25, -0.2) is 9.78 Å². The molecule has 2 N–H and O–H groups in total. The molecule has 1 aromatic rings. The zero-order valence-corrected chi connectivity index (χ0v) is 17.5. The van der Waals surface area contributed by atoms with E-state index in [0.717, 1.165) is 35.8 Å². The fourth-order valence-corrected chi connectivity index (χ4v) is 5.98. The second-order valence-corrected chi connectivity index (χ2v) is 10.1. The molecule has 2 aliphatic rings. The summed E-state index contributed by atoms with van der Waals surface area (Å²) in [7, 11) is 0. The minimum atomic E-state index is -0.797. The van der Waals surface area contributed by atoms with Crippen molar-refractivity contribution in [2.75, 3.05) is 11.1 Å². The number of aromatic nitrogens is 1. The molecular weight excluding hydrogens is 382 g/mol. The molecule has 1 aromatic heterocycles. The molecule has 1 heterocycles. The zero-order valence-electron chi connectivity index (χ0n) is 15.9. The minimum Gasteiger partial charge on any atom is -0.481 e. The van der Waals surface area contributed by atoms with E-state index in [1.54, 1.807) is 6.20 Å². The number of thioether (sulfide) groups is 1. The van der Waals surface area contributed by atoms with E-state index in [2.05, 4.69) is 22.1 Å². The summed E-state index contributed by atoms with van der Waals surface area (Å²) < 4.78 is 0.936. The number of hydrogen-bond acceptors (Lipinski definition) is 5. The number of rotatable bonds is 7. The standard InChI is InChI=1S/C19H29N3O3S2/c1-13-6-8-15(9-7-13)22(14-4-2-3-5-14)19(25)21-18-20-12-17(27-18)26-11-10-16(23)24/h12-15H,2-11H2,1H3,(H,23,24)(H,20,21,25)/t13-,15-. The third-order valence-electron chi connectivity index (χ3n) is 5.59. The van der Waals surface area contributed by atoms with Crippen molar-refractivity contribution in [1.82, 2.24) is 9.88 Å². The summed E-state index contributed by atoms with van der Waals surface area (Å²) in [6, 6.07) is 0.680. The number of carbonyl (C=O) groups is 2. The second-order valence-electron chi connectivity index (χ2n) is 7.67. The van der Waals surface area contributed by atoms with E-state index in [1.165, 1.54) is 48.8 Å². The summed E-state index contributed by atoms with van der Waals surface area (Å²) in [5, 5.41) is 12.3. The molecule has 8 heteroatoms. The fourth-order valence-electron chi connectivity index (χ4n) is 4.11. The Labute approximate surface area is 169 Å². The van der Waals surface area contributed by atoms with E-state index in [1.807, 2.05) is 0 Å². The Hall–Kier alpha value is -1.28. The average molecular weight is 412 g/mol. The van der Waals surface area contributed by atoms with Gasteiger partial charge in [0.15, 0.2) is 5.13 Å². The molecule has 0 aliphatic heterocycles. The summed E-state index contributed by atoms with van der Waals surface area (Å²) in [5.74, 6) is 0.480. The number of carboxylic acids is 1. The molecule has 0 bridgehead atoms. The first-order chi connectivity index (χ1) is 13.0. The van der Waals surface area contributed by atoms with Crippen molar-refractivity contribution in [2.45, 2.75) is 81.0 Å². The highest BCUT2D eigenvalue weighted by Crippen LogP contribution is 2.34. The van der Waals surface area contributed by atoms with Crippen LogP contribution in [0.25, 0.3) is 0 Å². The smallest absolute Gasteiger partial charge is 0.324 e.